The lowest BCUT2D eigenvalue weighted by Crippen LogP contribution is -2.41. The third-order valence-electron chi connectivity index (χ3n) is 4.89. The minimum atomic E-state index is 0.129. The second kappa shape index (κ2) is 9.92. The van der Waals surface area contributed by atoms with Gasteiger partial charge in [-0.15, -0.1) is 0 Å². The van der Waals surface area contributed by atoms with Crippen LogP contribution in [0.2, 0.25) is 0 Å². The summed E-state index contributed by atoms with van der Waals surface area (Å²) in [4.78, 5) is 18.4. The van der Waals surface area contributed by atoms with Crippen molar-refractivity contribution >= 4 is 11.6 Å². The molecule has 1 aliphatic rings. The maximum absolute atomic E-state index is 12.1. The Morgan fingerprint density at radius 1 is 1.08 bits per heavy atom. The first-order valence-corrected chi connectivity index (χ1v) is 9.49. The number of hydrogen-bond donors (Lipinski definition) is 2. The van der Waals surface area contributed by atoms with Crippen LogP contribution >= 0.6 is 0 Å². The Morgan fingerprint density at radius 3 is 2.62 bits per heavy atom. The van der Waals surface area contributed by atoms with Crippen LogP contribution < -0.4 is 10.6 Å². The quantitative estimate of drug-likeness (QED) is 0.717. The number of likely N-dealkylation sites (tertiary alicyclic amines) is 1. The van der Waals surface area contributed by atoms with Crippen LogP contribution in [0.25, 0.3) is 0 Å². The van der Waals surface area contributed by atoms with E-state index in [-0.39, 0.29) is 5.91 Å². The highest BCUT2D eigenvalue weighted by molar-refractivity contribution is 5.78. The lowest BCUT2D eigenvalue weighted by molar-refractivity contribution is -0.122. The van der Waals surface area contributed by atoms with Crippen LogP contribution in [0.15, 0.2) is 54.9 Å². The summed E-state index contributed by atoms with van der Waals surface area (Å²) in [6.45, 7) is 4.03. The molecule has 1 aliphatic heterocycles. The number of carbonyl (C=O) groups excluding carboxylic acids is 1. The summed E-state index contributed by atoms with van der Waals surface area (Å²) in [5.74, 6) is 0.763. The Labute approximate surface area is 155 Å². The molecule has 2 aromatic rings. The third-order valence-corrected chi connectivity index (χ3v) is 4.89. The summed E-state index contributed by atoms with van der Waals surface area (Å²) < 4.78 is 0. The van der Waals surface area contributed by atoms with Gasteiger partial charge in [-0.2, -0.15) is 0 Å². The number of benzene rings is 1. The number of amides is 1. The maximum atomic E-state index is 12.1. The predicted molar refractivity (Wildman–Crippen MR) is 105 cm³/mol. The SMILES string of the molecule is O=C(CN1CCC(c2ccccc2)CC1)NCCCNc1cccnc1. The second-order valence-electron chi connectivity index (χ2n) is 6.83. The van der Waals surface area contributed by atoms with Gasteiger partial charge < -0.3 is 10.6 Å². The molecule has 2 heterocycles. The highest BCUT2D eigenvalue weighted by atomic mass is 16.2. The minimum absolute atomic E-state index is 0.129. The lowest BCUT2D eigenvalue weighted by Gasteiger charge is -2.31. The van der Waals surface area contributed by atoms with Gasteiger partial charge in [0.05, 0.1) is 12.2 Å². The Balaban J connectivity index is 1.27. The number of aromatic nitrogens is 1. The first kappa shape index (κ1) is 18.4. The number of piperidine rings is 1. The van der Waals surface area contributed by atoms with Gasteiger partial charge >= 0.3 is 0 Å². The largest absolute Gasteiger partial charge is 0.384 e. The van der Waals surface area contributed by atoms with Gasteiger partial charge in [0.2, 0.25) is 5.91 Å². The zero-order valence-corrected chi connectivity index (χ0v) is 15.2. The molecule has 0 bridgehead atoms. The highest BCUT2D eigenvalue weighted by Crippen LogP contribution is 2.27. The van der Waals surface area contributed by atoms with Crippen LogP contribution in [0.4, 0.5) is 5.69 Å². The van der Waals surface area contributed by atoms with Crippen LogP contribution in [0.3, 0.4) is 0 Å². The van der Waals surface area contributed by atoms with E-state index in [1.165, 1.54) is 5.56 Å². The van der Waals surface area contributed by atoms with Gasteiger partial charge in [-0.25, -0.2) is 0 Å². The van der Waals surface area contributed by atoms with Crippen molar-refractivity contribution in [1.29, 1.82) is 0 Å². The number of nitrogens with zero attached hydrogens (tertiary/aromatic N) is 2. The summed E-state index contributed by atoms with van der Waals surface area (Å²) in [7, 11) is 0. The van der Waals surface area contributed by atoms with Crippen molar-refractivity contribution < 1.29 is 4.79 Å². The van der Waals surface area contributed by atoms with Gasteiger partial charge in [0.1, 0.15) is 0 Å². The molecule has 0 aliphatic carbocycles. The molecule has 0 atom stereocenters. The van der Waals surface area contributed by atoms with Crippen LogP contribution in [0.1, 0.15) is 30.7 Å². The van der Waals surface area contributed by atoms with Crippen molar-refractivity contribution in [3.05, 3.63) is 60.4 Å². The molecule has 0 saturated carbocycles. The number of pyridine rings is 1. The fourth-order valence-corrected chi connectivity index (χ4v) is 3.42. The van der Waals surface area contributed by atoms with E-state index in [4.69, 9.17) is 0 Å². The normalized spacial score (nSPS) is 15.5. The molecule has 26 heavy (non-hydrogen) atoms. The van der Waals surface area contributed by atoms with Crippen molar-refractivity contribution in [3.63, 3.8) is 0 Å². The molecule has 0 spiro atoms. The zero-order chi connectivity index (χ0) is 18.0. The summed E-state index contributed by atoms with van der Waals surface area (Å²) in [6, 6.07) is 14.6. The van der Waals surface area contributed by atoms with Crippen LogP contribution in [0, 0.1) is 0 Å². The number of anilines is 1. The molecule has 0 unspecified atom stereocenters. The van der Waals surface area contributed by atoms with E-state index in [9.17, 15) is 4.79 Å². The summed E-state index contributed by atoms with van der Waals surface area (Å²) in [5, 5.41) is 6.32. The van der Waals surface area contributed by atoms with Gasteiger partial charge in [0, 0.05) is 25.5 Å². The molecule has 3 rings (SSSR count). The Hall–Kier alpha value is -2.40. The molecule has 1 saturated heterocycles. The predicted octanol–water partition coefficient (Wildman–Crippen LogP) is 2.88. The van der Waals surface area contributed by atoms with E-state index >= 15 is 0 Å². The average molecular weight is 352 g/mol. The van der Waals surface area contributed by atoms with E-state index < -0.39 is 0 Å². The molecule has 5 nitrogen and oxygen atoms in total. The topological polar surface area (TPSA) is 57.3 Å². The Bertz CT molecular complexity index is 654. The minimum Gasteiger partial charge on any atom is -0.384 e. The van der Waals surface area contributed by atoms with Crippen LogP contribution in [-0.2, 0) is 4.79 Å². The lowest BCUT2D eigenvalue weighted by atomic mass is 9.89. The molecule has 5 heteroatoms. The van der Waals surface area contributed by atoms with Crippen LogP contribution in [0.5, 0.6) is 0 Å². The maximum Gasteiger partial charge on any atom is 0.234 e. The standard InChI is InChI=1S/C21H28N4O/c26-21(24-13-5-12-23-20-8-4-11-22-16-20)17-25-14-9-19(10-15-25)18-6-2-1-3-7-18/h1-4,6-8,11,16,19,23H,5,9-10,12-15,17H2,(H,24,26). The molecule has 1 aromatic heterocycles. The van der Waals surface area contributed by atoms with E-state index in [1.54, 1.807) is 12.4 Å². The number of nitrogens with one attached hydrogen (secondary N) is 2. The van der Waals surface area contributed by atoms with E-state index in [2.05, 4.69) is 50.8 Å². The first-order valence-electron chi connectivity index (χ1n) is 9.49. The summed E-state index contributed by atoms with van der Waals surface area (Å²) in [5.41, 5.74) is 2.44. The monoisotopic (exact) mass is 352 g/mol. The molecule has 1 fully saturated rings. The van der Waals surface area contributed by atoms with E-state index in [0.717, 1.165) is 44.6 Å². The zero-order valence-electron chi connectivity index (χ0n) is 15.2. The fraction of sp³-hybridized carbons (Fsp3) is 0.429. The molecule has 138 valence electrons. The van der Waals surface area contributed by atoms with Crippen molar-refractivity contribution in [3.8, 4) is 0 Å². The first-order chi connectivity index (χ1) is 12.8. The molecule has 0 radical (unpaired) electrons. The van der Waals surface area contributed by atoms with Gasteiger partial charge in [0.15, 0.2) is 0 Å². The van der Waals surface area contributed by atoms with Crippen molar-refractivity contribution in [2.24, 2.45) is 0 Å². The van der Waals surface area contributed by atoms with Crippen molar-refractivity contribution in [2.75, 3.05) is 38.0 Å². The van der Waals surface area contributed by atoms with E-state index in [0.29, 0.717) is 19.0 Å². The third kappa shape index (κ3) is 5.85. The van der Waals surface area contributed by atoms with E-state index in [1.807, 2.05) is 12.1 Å². The van der Waals surface area contributed by atoms with Gasteiger partial charge in [-0.3, -0.25) is 14.7 Å². The number of rotatable bonds is 8. The summed E-state index contributed by atoms with van der Waals surface area (Å²) >= 11 is 0. The molecule has 1 amide bonds. The van der Waals surface area contributed by atoms with Crippen molar-refractivity contribution in [2.45, 2.75) is 25.2 Å². The smallest absolute Gasteiger partial charge is 0.234 e. The highest BCUT2D eigenvalue weighted by Gasteiger charge is 2.21. The Kier molecular flexibility index (Phi) is 7.02. The molecular formula is C21H28N4O. The molecule has 2 N–H and O–H groups in total. The van der Waals surface area contributed by atoms with Crippen molar-refractivity contribution in [1.82, 2.24) is 15.2 Å². The molecule has 1 aromatic carbocycles. The fourth-order valence-electron chi connectivity index (χ4n) is 3.42. The Morgan fingerprint density at radius 2 is 1.88 bits per heavy atom. The van der Waals surface area contributed by atoms with Crippen LogP contribution in [-0.4, -0.2) is 48.5 Å². The average Bonchev–Trinajstić information content (AvgIpc) is 2.70. The van der Waals surface area contributed by atoms with Gasteiger partial charge in [-0.1, -0.05) is 30.3 Å². The van der Waals surface area contributed by atoms with Gasteiger partial charge in [-0.05, 0) is 56.0 Å². The number of hydrogen-bond acceptors (Lipinski definition) is 4. The molecular weight excluding hydrogens is 324 g/mol. The van der Waals surface area contributed by atoms with Gasteiger partial charge in [0.25, 0.3) is 0 Å². The second-order valence-corrected chi connectivity index (χ2v) is 6.83. The number of carbonyl (C=O) groups is 1. The summed E-state index contributed by atoms with van der Waals surface area (Å²) in [6.07, 6.45) is 6.72.